The number of nitrogens with zero attached hydrogens (tertiary/aromatic N) is 1. The fourth-order valence-corrected chi connectivity index (χ4v) is 4.83. The topological polar surface area (TPSA) is 110 Å². The van der Waals surface area contributed by atoms with E-state index in [2.05, 4.69) is 19.4 Å². The number of fused-ring (bicyclic) bond motifs is 1. The molecule has 0 amide bonds. The number of rotatable bonds is 6. The normalized spacial score (nSPS) is 11.6. The second-order valence-electron chi connectivity index (χ2n) is 5.00. The van der Waals surface area contributed by atoms with E-state index >= 15 is 0 Å². The molecule has 0 saturated heterocycles. The fraction of sp³-hybridized carbons (Fsp3) is 0.200. The third-order valence-electron chi connectivity index (χ3n) is 3.56. The molecule has 0 aliphatic carbocycles. The van der Waals surface area contributed by atoms with Crippen molar-refractivity contribution in [2.45, 2.75) is 10.8 Å². The third-order valence-corrected chi connectivity index (χ3v) is 6.45. The zero-order valence-electron chi connectivity index (χ0n) is 13.4. The Morgan fingerprint density at radius 1 is 1.40 bits per heavy atom. The minimum Gasteiger partial charge on any atom is -0.494 e. The number of carbonyl (C=O) groups is 1. The van der Waals surface area contributed by atoms with Crippen LogP contribution in [0.15, 0.2) is 34.1 Å². The van der Waals surface area contributed by atoms with Gasteiger partial charge in [-0.15, -0.1) is 11.3 Å². The van der Waals surface area contributed by atoms with E-state index in [1.54, 1.807) is 18.5 Å². The van der Waals surface area contributed by atoms with Crippen molar-refractivity contribution in [3.63, 3.8) is 0 Å². The summed E-state index contributed by atoms with van der Waals surface area (Å²) in [6.07, 6.45) is 3.35. The van der Waals surface area contributed by atoms with Crippen molar-refractivity contribution in [3.05, 3.63) is 41.0 Å². The zero-order chi connectivity index (χ0) is 18.0. The number of hydrogen-bond donors (Lipinski definition) is 2. The molecule has 0 fully saturated rings. The van der Waals surface area contributed by atoms with E-state index in [9.17, 15) is 13.2 Å². The van der Waals surface area contributed by atoms with E-state index in [0.29, 0.717) is 5.65 Å². The molecular formula is C15H15N3O5S2. The van der Waals surface area contributed by atoms with Crippen LogP contribution in [0.1, 0.15) is 15.9 Å². The summed E-state index contributed by atoms with van der Waals surface area (Å²) in [4.78, 5) is 18.8. The van der Waals surface area contributed by atoms with Gasteiger partial charge in [0.25, 0.3) is 10.0 Å². The van der Waals surface area contributed by atoms with Crippen molar-refractivity contribution in [1.82, 2.24) is 14.7 Å². The molecule has 0 atom stereocenters. The minimum absolute atomic E-state index is 0.0232. The lowest BCUT2D eigenvalue weighted by Gasteiger charge is -2.07. The van der Waals surface area contributed by atoms with Gasteiger partial charge in [0.2, 0.25) is 0 Å². The molecular weight excluding hydrogens is 366 g/mol. The molecule has 0 spiro atoms. The number of carbonyl (C=O) groups excluding carboxylic acids is 1. The van der Waals surface area contributed by atoms with Crippen LogP contribution >= 0.6 is 11.3 Å². The molecule has 0 aliphatic heterocycles. The van der Waals surface area contributed by atoms with Gasteiger partial charge in [0.05, 0.1) is 14.2 Å². The average Bonchev–Trinajstić information content (AvgIpc) is 3.23. The molecule has 2 N–H and O–H groups in total. The molecule has 0 aromatic carbocycles. The minimum atomic E-state index is -3.87. The highest BCUT2D eigenvalue weighted by Crippen LogP contribution is 2.35. The molecule has 0 unspecified atom stereocenters. The Balaban J connectivity index is 1.87. The van der Waals surface area contributed by atoms with Gasteiger partial charge in [-0.25, -0.2) is 22.9 Å². The average molecular weight is 381 g/mol. The van der Waals surface area contributed by atoms with Gasteiger partial charge >= 0.3 is 5.97 Å². The van der Waals surface area contributed by atoms with Crippen LogP contribution in [0.3, 0.4) is 0 Å². The molecule has 10 heteroatoms. The van der Waals surface area contributed by atoms with Crippen LogP contribution in [-0.2, 0) is 21.3 Å². The van der Waals surface area contributed by atoms with Crippen LogP contribution in [0.5, 0.6) is 5.75 Å². The van der Waals surface area contributed by atoms with Crippen LogP contribution in [0.2, 0.25) is 0 Å². The number of aromatic amines is 1. The van der Waals surface area contributed by atoms with Crippen molar-refractivity contribution in [2.75, 3.05) is 14.2 Å². The summed E-state index contributed by atoms with van der Waals surface area (Å²) in [6.45, 7) is 0.0721. The Hall–Kier alpha value is -2.43. The smallest absolute Gasteiger partial charge is 0.342 e. The number of thiophene rings is 1. The monoisotopic (exact) mass is 381 g/mol. The Bertz CT molecular complexity index is 1020. The van der Waals surface area contributed by atoms with Crippen LogP contribution in [-0.4, -0.2) is 38.6 Å². The first-order valence-corrected chi connectivity index (χ1v) is 9.48. The number of methoxy groups -OCH3 is 2. The Kier molecular flexibility index (Phi) is 4.75. The highest BCUT2D eigenvalue weighted by Gasteiger charge is 2.28. The molecule has 0 bridgehead atoms. The lowest BCUT2D eigenvalue weighted by Crippen LogP contribution is -2.23. The Labute approximate surface area is 147 Å². The quantitative estimate of drug-likeness (QED) is 0.631. The third kappa shape index (κ3) is 3.23. The van der Waals surface area contributed by atoms with Gasteiger partial charge in [-0.2, -0.15) is 0 Å². The lowest BCUT2D eigenvalue weighted by molar-refractivity contribution is 0.0597. The van der Waals surface area contributed by atoms with Crippen molar-refractivity contribution in [3.8, 4) is 5.75 Å². The summed E-state index contributed by atoms with van der Waals surface area (Å²) < 4.78 is 37.4. The van der Waals surface area contributed by atoms with Crippen molar-refractivity contribution in [1.29, 1.82) is 0 Å². The second kappa shape index (κ2) is 6.82. The van der Waals surface area contributed by atoms with E-state index in [1.165, 1.54) is 19.6 Å². The maximum atomic E-state index is 12.6. The molecule has 0 radical (unpaired) electrons. The van der Waals surface area contributed by atoms with Crippen LogP contribution < -0.4 is 9.46 Å². The number of sulfonamides is 1. The summed E-state index contributed by atoms with van der Waals surface area (Å²) >= 11 is 0.896. The van der Waals surface area contributed by atoms with Gasteiger partial charge in [0, 0.05) is 29.7 Å². The summed E-state index contributed by atoms with van der Waals surface area (Å²) in [7, 11) is -1.34. The van der Waals surface area contributed by atoms with Crippen LogP contribution in [0.25, 0.3) is 11.0 Å². The van der Waals surface area contributed by atoms with E-state index in [1.807, 2.05) is 6.07 Å². The van der Waals surface area contributed by atoms with Gasteiger partial charge in [-0.1, -0.05) is 0 Å². The number of H-pyrrole nitrogens is 1. The summed E-state index contributed by atoms with van der Waals surface area (Å²) in [5, 5.41) is 2.23. The van der Waals surface area contributed by atoms with Crippen LogP contribution in [0.4, 0.5) is 0 Å². The predicted octanol–water partition coefficient (Wildman–Crippen LogP) is 1.90. The highest BCUT2D eigenvalue weighted by molar-refractivity contribution is 7.91. The molecule has 3 rings (SSSR count). The SMILES string of the molecule is COC(=O)c1csc(S(=O)(=O)NCc2c[nH]c3ncccc23)c1OC. The lowest BCUT2D eigenvalue weighted by atomic mass is 10.2. The van der Waals surface area contributed by atoms with E-state index in [0.717, 1.165) is 22.3 Å². The Morgan fingerprint density at radius 2 is 2.20 bits per heavy atom. The molecule has 0 saturated carbocycles. The zero-order valence-corrected chi connectivity index (χ0v) is 15.0. The van der Waals surface area contributed by atoms with E-state index in [-0.39, 0.29) is 22.1 Å². The second-order valence-corrected chi connectivity index (χ2v) is 7.84. The van der Waals surface area contributed by atoms with Gasteiger partial charge in [0.1, 0.15) is 11.2 Å². The van der Waals surface area contributed by atoms with Gasteiger partial charge < -0.3 is 14.5 Å². The number of ether oxygens (including phenoxy) is 2. The molecule has 25 heavy (non-hydrogen) atoms. The number of esters is 1. The number of pyridine rings is 1. The van der Waals surface area contributed by atoms with Gasteiger partial charge in [0.15, 0.2) is 9.96 Å². The Morgan fingerprint density at radius 3 is 2.92 bits per heavy atom. The van der Waals surface area contributed by atoms with Gasteiger partial charge in [-0.3, -0.25) is 0 Å². The summed E-state index contributed by atoms with van der Waals surface area (Å²) in [5.74, 6) is -0.679. The van der Waals surface area contributed by atoms with Crippen molar-refractivity contribution < 1.29 is 22.7 Å². The van der Waals surface area contributed by atoms with Crippen LogP contribution in [0, 0.1) is 0 Å². The first-order valence-electron chi connectivity index (χ1n) is 7.12. The first-order chi connectivity index (χ1) is 12.0. The largest absolute Gasteiger partial charge is 0.494 e. The van der Waals surface area contributed by atoms with Crippen molar-refractivity contribution in [2.24, 2.45) is 0 Å². The maximum Gasteiger partial charge on any atom is 0.342 e. The molecule has 8 nitrogen and oxygen atoms in total. The van der Waals surface area contributed by atoms with E-state index in [4.69, 9.17) is 4.74 Å². The number of aromatic nitrogens is 2. The summed E-state index contributed by atoms with van der Waals surface area (Å²) in [5.41, 5.74) is 1.51. The molecule has 3 aromatic heterocycles. The molecule has 132 valence electrons. The van der Waals surface area contributed by atoms with Gasteiger partial charge in [-0.05, 0) is 17.7 Å². The molecule has 0 aliphatic rings. The van der Waals surface area contributed by atoms with Crippen molar-refractivity contribution >= 4 is 38.4 Å². The standard InChI is InChI=1S/C15H15N3O5S2/c1-22-12-11(14(19)23-2)8-24-15(12)25(20,21)18-7-9-6-17-13-10(9)4-3-5-16-13/h3-6,8,18H,7H2,1-2H3,(H,16,17). The molecule has 3 aromatic rings. The fourth-order valence-electron chi connectivity index (χ4n) is 2.36. The number of nitrogens with one attached hydrogen (secondary N) is 2. The maximum absolute atomic E-state index is 12.6. The molecule has 3 heterocycles. The first kappa shape index (κ1) is 17.4. The number of hydrogen-bond acceptors (Lipinski definition) is 7. The summed E-state index contributed by atoms with van der Waals surface area (Å²) in [6, 6.07) is 3.63. The van der Waals surface area contributed by atoms with E-state index < -0.39 is 16.0 Å². The predicted molar refractivity (Wildman–Crippen MR) is 92.3 cm³/mol. The highest BCUT2D eigenvalue weighted by atomic mass is 32.2.